The second-order valence-corrected chi connectivity index (χ2v) is 7.99. The molecule has 0 aromatic carbocycles. The SMILES string of the molecule is CC.COC(=O)COc1nc(SCC2=CCC(C)(C)C=C2)nc2c1CCC2. The van der Waals surface area contributed by atoms with Gasteiger partial charge in [0.1, 0.15) is 0 Å². The molecule has 1 aromatic rings. The Labute approximate surface area is 166 Å². The van der Waals surface area contributed by atoms with Crippen LogP contribution in [0.1, 0.15) is 51.8 Å². The highest BCUT2D eigenvalue weighted by atomic mass is 32.2. The second kappa shape index (κ2) is 9.93. The highest BCUT2D eigenvalue weighted by molar-refractivity contribution is 7.99. The molecule has 0 unspecified atom stereocenters. The van der Waals surface area contributed by atoms with Gasteiger partial charge >= 0.3 is 5.97 Å². The van der Waals surface area contributed by atoms with Gasteiger partial charge in [-0.15, -0.1) is 0 Å². The fraction of sp³-hybridized carbons (Fsp3) is 0.571. The van der Waals surface area contributed by atoms with E-state index in [-0.39, 0.29) is 12.0 Å². The summed E-state index contributed by atoms with van der Waals surface area (Å²) in [6.45, 7) is 8.35. The minimum absolute atomic E-state index is 0.118. The van der Waals surface area contributed by atoms with E-state index in [1.807, 2.05) is 13.8 Å². The van der Waals surface area contributed by atoms with Crippen LogP contribution in [0.2, 0.25) is 0 Å². The number of hydrogen-bond donors (Lipinski definition) is 0. The molecule has 0 bridgehead atoms. The molecule has 0 amide bonds. The molecule has 0 N–H and O–H groups in total. The summed E-state index contributed by atoms with van der Waals surface area (Å²) in [4.78, 5) is 20.6. The van der Waals surface area contributed by atoms with Crippen molar-refractivity contribution in [2.75, 3.05) is 19.5 Å². The van der Waals surface area contributed by atoms with Crippen molar-refractivity contribution >= 4 is 17.7 Å². The van der Waals surface area contributed by atoms with Crippen LogP contribution < -0.4 is 4.74 Å². The van der Waals surface area contributed by atoms with Gasteiger partial charge in [0.05, 0.1) is 12.8 Å². The topological polar surface area (TPSA) is 61.3 Å². The molecule has 0 saturated carbocycles. The number of carbonyl (C=O) groups excluding carboxylic acids is 1. The van der Waals surface area contributed by atoms with Crippen LogP contribution in [-0.2, 0) is 22.4 Å². The molecule has 1 aromatic heterocycles. The number of rotatable bonds is 6. The van der Waals surface area contributed by atoms with Crippen molar-refractivity contribution in [3.8, 4) is 5.88 Å². The van der Waals surface area contributed by atoms with Gasteiger partial charge in [-0.3, -0.25) is 0 Å². The first-order chi connectivity index (χ1) is 13.0. The largest absolute Gasteiger partial charge is 0.466 e. The van der Waals surface area contributed by atoms with Crippen LogP contribution in [0, 0.1) is 5.41 Å². The van der Waals surface area contributed by atoms with Crippen LogP contribution in [0.3, 0.4) is 0 Å². The molecule has 148 valence electrons. The summed E-state index contributed by atoms with van der Waals surface area (Å²) in [7, 11) is 1.35. The molecule has 0 atom stereocenters. The van der Waals surface area contributed by atoms with Crippen molar-refractivity contribution in [3.05, 3.63) is 35.1 Å². The van der Waals surface area contributed by atoms with E-state index in [1.54, 1.807) is 11.8 Å². The van der Waals surface area contributed by atoms with Crippen LogP contribution >= 0.6 is 11.8 Å². The number of esters is 1. The van der Waals surface area contributed by atoms with E-state index >= 15 is 0 Å². The van der Waals surface area contributed by atoms with Crippen LogP contribution in [0.15, 0.2) is 29.0 Å². The quantitative estimate of drug-likeness (QED) is 0.403. The minimum atomic E-state index is -0.403. The van der Waals surface area contributed by atoms with E-state index in [4.69, 9.17) is 4.74 Å². The van der Waals surface area contributed by atoms with Gasteiger partial charge in [-0.2, -0.15) is 4.98 Å². The van der Waals surface area contributed by atoms with Crippen molar-refractivity contribution in [1.29, 1.82) is 0 Å². The number of nitrogens with zero attached hydrogens (tertiary/aromatic N) is 2. The summed E-state index contributed by atoms with van der Waals surface area (Å²) in [5.41, 5.74) is 3.62. The molecule has 2 aliphatic carbocycles. The lowest BCUT2D eigenvalue weighted by Gasteiger charge is -2.22. The lowest BCUT2D eigenvalue weighted by molar-refractivity contribution is -0.143. The normalized spacial score (nSPS) is 16.7. The molecule has 0 saturated heterocycles. The van der Waals surface area contributed by atoms with E-state index in [0.717, 1.165) is 42.7 Å². The average Bonchev–Trinajstić information content (AvgIpc) is 3.15. The third-order valence-corrected chi connectivity index (χ3v) is 5.35. The summed E-state index contributed by atoms with van der Waals surface area (Å²) in [6.07, 6.45) is 10.7. The third kappa shape index (κ3) is 6.09. The number of allylic oxidation sites excluding steroid dienone is 3. The fourth-order valence-corrected chi connectivity index (χ4v) is 3.70. The van der Waals surface area contributed by atoms with Gasteiger partial charge in [-0.05, 0) is 36.7 Å². The van der Waals surface area contributed by atoms with Gasteiger partial charge in [-0.25, -0.2) is 9.78 Å². The maximum atomic E-state index is 11.3. The molecule has 6 heteroatoms. The van der Waals surface area contributed by atoms with E-state index in [0.29, 0.717) is 11.0 Å². The standard InChI is InChI=1S/C19H24N2O3S.C2H6/c1-19(2)9-7-13(8-10-19)12-25-18-20-15-6-4-5-14(15)17(21-18)24-11-16(22)23-3;1-2/h7-9H,4-6,10-12H2,1-3H3;1-2H3. The summed E-state index contributed by atoms with van der Waals surface area (Å²) < 4.78 is 10.2. The molecule has 1 heterocycles. The van der Waals surface area contributed by atoms with Gasteiger partial charge in [0.2, 0.25) is 5.88 Å². The van der Waals surface area contributed by atoms with E-state index in [9.17, 15) is 4.79 Å². The van der Waals surface area contributed by atoms with Crippen LogP contribution in [0.4, 0.5) is 0 Å². The van der Waals surface area contributed by atoms with E-state index in [2.05, 4.69) is 46.8 Å². The van der Waals surface area contributed by atoms with Crippen molar-refractivity contribution in [3.63, 3.8) is 0 Å². The summed E-state index contributed by atoms with van der Waals surface area (Å²) >= 11 is 1.61. The second-order valence-electron chi connectivity index (χ2n) is 7.05. The fourth-order valence-electron chi connectivity index (χ4n) is 2.86. The van der Waals surface area contributed by atoms with Gasteiger partial charge in [0.25, 0.3) is 0 Å². The Morgan fingerprint density at radius 1 is 1.26 bits per heavy atom. The molecule has 3 rings (SSSR count). The molecule has 0 radical (unpaired) electrons. The Morgan fingerprint density at radius 3 is 2.70 bits per heavy atom. The van der Waals surface area contributed by atoms with Gasteiger partial charge in [-0.1, -0.05) is 57.7 Å². The first kappa shape index (κ1) is 21.5. The van der Waals surface area contributed by atoms with Crippen molar-refractivity contribution in [1.82, 2.24) is 9.97 Å². The third-order valence-electron chi connectivity index (χ3n) is 4.44. The maximum absolute atomic E-state index is 11.3. The number of carbonyl (C=O) groups is 1. The smallest absolute Gasteiger partial charge is 0.343 e. The number of fused-ring (bicyclic) bond motifs is 1. The zero-order chi connectivity index (χ0) is 19.9. The Kier molecular flexibility index (Phi) is 7.90. The van der Waals surface area contributed by atoms with Crippen molar-refractivity contribution in [2.24, 2.45) is 5.41 Å². The maximum Gasteiger partial charge on any atom is 0.343 e. The first-order valence-electron chi connectivity index (χ1n) is 9.57. The number of aromatic nitrogens is 2. The Balaban J connectivity index is 0.00000126. The monoisotopic (exact) mass is 390 g/mol. The van der Waals surface area contributed by atoms with Crippen molar-refractivity contribution < 1.29 is 14.3 Å². The predicted molar refractivity (Wildman–Crippen MR) is 109 cm³/mol. The molecule has 27 heavy (non-hydrogen) atoms. The average molecular weight is 391 g/mol. The first-order valence-corrected chi connectivity index (χ1v) is 10.6. The Morgan fingerprint density at radius 2 is 2.04 bits per heavy atom. The zero-order valence-corrected chi connectivity index (χ0v) is 17.8. The van der Waals surface area contributed by atoms with E-state index in [1.165, 1.54) is 12.7 Å². The lowest BCUT2D eigenvalue weighted by atomic mass is 9.84. The number of aryl methyl sites for hydroxylation is 1. The van der Waals surface area contributed by atoms with E-state index < -0.39 is 5.97 Å². The highest BCUT2D eigenvalue weighted by Crippen LogP contribution is 2.33. The van der Waals surface area contributed by atoms with Crippen molar-refractivity contribution in [2.45, 2.75) is 58.5 Å². The van der Waals surface area contributed by atoms with Crippen LogP contribution in [0.5, 0.6) is 5.88 Å². The summed E-state index contributed by atoms with van der Waals surface area (Å²) in [6, 6.07) is 0. The zero-order valence-electron chi connectivity index (χ0n) is 17.0. The molecule has 5 nitrogen and oxygen atoms in total. The molecule has 0 fully saturated rings. The van der Waals surface area contributed by atoms with Gasteiger partial charge in [0.15, 0.2) is 11.8 Å². The number of methoxy groups -OCH3 is 1. The molecule has 0 spiro atoms. The lowest BCUT2D eigenvalue weighted by Crippen LogP contribution is -2.15. The molecular weight excluding hydrogens is 360 g/mol. The molecule has 0 aliphatic heterocycles. The van der Waals surface area contributed by atoms with Gasteiger partial charge < -0.3 is 9.47 Å². The summed E-state index contributed by atoms with van der Waals surface area (Å²) in [5.74, 6) is 0.964. The number of ether oxygens (including phenoxy) is 2. The highest BCUT2D eigenvalue weighted by Gasteiger charge is 2.22. The molecule has 2 aliphatic rings. The van der Waals surface area contributed by atoms with Gasteiger partial charge in [0, 0.05) is 11.3 Å². The number of hydrogen-bond acceptors (Lipinski definition) is 6. The number of thioether (sulfide) groups is 1. The Bertz CT molecular complexity index is 726. The summed E-state index contributed by atoms with van der Waals surface area (Å²) in [5, 5.41) is 0.708. The van der Waals surface area contributed by atoms with Crippen LogP contribution in [-0.4, -0.2) is 35.4 Å². The van der Waals surface area contributed by atoms with Crippen LogP contribution in [0.25, 0.3) is 0 Å². The predicted octanol–water partition coefficient (Wildman–Crippen LogP) is 4.55. The molecular formula is C21H30N2O3S. The Hall–Kier alpha value is -1.82. The minimum Gasteiger partial charge on any atom is -0.466 e.